The minimum Gasteiger partial charge on any atom is -0.493 e. The number of para-hydroxylation sites is 1. The smallest absolute Gasteiger partial charge is 0.328 e. The first kappa shape index (κ1) is 31.3. The molecular weight excluding hydrogens is 546 g/mol. The lowest BCUT2D eigenvalue weighted by molar-refractivity contribution is -0.145. The third-order valence-electron chi connectivity index (χ3n) is 7.43. The third-order valence-corrected chi connectivity index (χ3v) is 7.43. The van der Waals surface area contributed by atoms with Crippen LogP contribution in [0.3, 0.4) is 0 Å². The van der Waals surface area contributed by atoms with E-state index >= 15 is 0 Å². The van der Waals surface area contributed by atoms with Crippen LogP contribution in [0.5, 0.6) is 5.75 Å². The molecular formula is C34H39N3O6. The fourth-order valence-corrected chi connectivity index (χ4v) is 5.02. The molecule has 0 aliphatic carbocycles. The zero-order chi connectivity index (χ0) is 30.4. The van der Waals surface area contributed by atoms with Crippen LogP contribution in [-0.4, -0.2) is 67.5 Å². The van der Waals surface area contributed by atoms with E-state index in [-0.39, 0.29) is 25.2 Å². The number of rotatable bonds is 6. The molecule has 2 N–H and O–H groups in total. The fraction of sp³-hybridized carbons (Fsp3) is 0.353. The van der Waals surface area contributed by atoms with Crippen LogP contribution >= 0.6 is 0 Å². The van der Waals surface area contributed by atoms with Crippen molar-refractivity contribution in [3.05, 3.63) is 102 Å². The molecule has 2 atom stereocenters. The van der Waals surface area contributed by atoms with Gasteiger partial charge in [0.2, 0.25) is 11.8 Å². The number of benzene rings is 3. The molecule has 3 aromatic rings. The number of hydrogen-bond acceptors (Lipinski definition) is 6. The highest BCUT2D eigenvalue weighted by atomic mass is 16.5. The van der Waals surface area contributed by atoms with Crippen LogP contribution in [0.2, 0.25) is 0 Å². The molecule has 9 heteroatoms. The Hall–Kier alpha value is -4.66. The van der Waals surface area contributed by atoms with Gasteiger partial charge in [-0.3, -0.25) is 14.4 Å². The van der Waals surface area contributed by atoms with Gasteiger partial charge >= 0.3 is 5.97 Å². The molecule has 1 heterocycles. The summed E-state index contributed by atoms with van der Waals surface area (Å²) in [7, 11) is 1.24. The number of ether oxygens (including phenoxy) is 2. The molecule has 0 unspecified atom stereocenters. The van der Waals surface area contributed by atoms with Crippen LogP contribution < -0.4 is 15.4 Å². The number of nitrogens with zero attached hydrogens (tertiary/aromatic N) is 1. The van der Waals surface area contributed by atoms with Gasteiger partial charge in [0, 0.05) is 25.9 Å². The van der Waals surface area contributed by atoms with Crippen LogP contribution in [0.25, 0.3) is 0 Å². The Bertz CT molecular complexity index is 1360. The number of carbonyl (C=O) groups is 4. The largest absolute Gasteiger partial charge is 0.493 e. The first-order valence-electron chi connectivity index (χ1n) is 14.7. The molecule has 1 aliphatic heterocycles. The Labute approximate surface area is 252 Å². The van der Waals surface area contributed by atoms with Crippen LogP contribution in [0.15, 0.2) is 84.9 Å². The first-order chi connectivity index (χ1) is 20.9. The molecule has 1 aliphatic rings. The average Bonchev–Trinajstić information content (AvgIpc) is 3.04. The van der Waals surface area contributed by atoms with Gasteiger partial charge in [0.15, 0.2) is 0 Å². The molecule has 0 saturated carbocycles. The van der Waals surface area contributed by atoms with Crippen molar-refractivity contribution in [2.24, 2.45) is 0 Å². The maximum Gasteiger partial charge on any atom is 0.328 e. The van der Waals surface area contributed by atoms with Crippen molar-refractivity contribution in [2.45, 2.75) is 50.6 Å². The van der Waals surface area contributed by atoms with E-state index in [0.29, 0.717) is 50.3 Å². The van der Waals surface area contributed by atoms with E-state index in [0.717, 1.165) is 11.1 Å². The Morgan fingerprint density at radius 3 is 2.28 bits per heavy atom. The second-order valence-corrected chi connectivity index (χ2v) is 10.5. The molecule has 0 spiro atoms. The second kappa shape index (κ2) is 16.1. The highest BCUT2D eigenvalue weighted by molar-refractivity contribution is 6.00. The maximum atomic E-state index is 13.6. The molecule has 43 heavy (non-hydrogen) atoms. The topological polar surface area (TPSA) is 114 Å². The summed E-state index contributed by atoms with van der Waals surface area (Å²) in [6, 6.07) is 24.1. The number of carbonyl (C=O) groups excluding carboxylic acids is 4. The van der Waals surface area contributed by atoms with Crippen molar-refractivity contribution < 1.29 is 28.7 Å². The number of hydrogen-bond donors (Lipinski definition) is 2. The molecule has 226 valence electrons. The Kier molecular flexibility index (Phi) is 11.7. The molecule has 0 radical (unpaired) electrons. The van der Waals surface area contributed by atoms with Crippen molar-refractivity contribution in [1.29, 1.82) is 0 Å². The van der Waals surface area contributed by atoms with Gasteiger partial charge in [0.1, 0.15) is 17.8 Å². The quantitative estimate of drug-likeness (QED) is 0.427. The molecule has 3 aromatic carbocycles. The zero-order valence-corrected chi connectivity index (χ0v) is 24.5. The summed E-state index contributed by atoms with van der Waals surface area (Å²) in [6.45, 7) is 1.41. The number of methoxy groups -OCH3 is 1. The summed E-state index contributed by atoms with van der Waals surface area (Å²) >= 11 is 0. The standard InChI is InChI=1S/C34H39N3O6/c1-42-34(41)28-18-19-31(38)37(22-20-25-12-4-2-5-13-25)21-10-11-23-43-30-17-9-8-16-27(30)32(39)36-29(33(40)35-28)24-26-14-6-3-7-15-26/h2-9,12-17,28-29H,10-11,18-24H2,1H3,(H,35,40)(H,36,39)/t28-,29+/m0/s1. The summed E-state index contributed by atoms with van der Waals surface area (Å²) in [5, 5.41) is 5.57. The molecule has 0 bridgehead atoms. The first-order valence-corrected chi connectivity index (χ1v) is 14.7. The van der Waals surface area contributed by atoms with Gasteiger partial charge < -0.3 is 25.0 Å². The lowest BCUT2D eigenvalue weighted by atomic mass is 10.0. The van der Waals surface area contributed by atoms with E-state index < -0.39 is 29.9 Å². The van der Waals surface area contributed by atoms with Crippen molar-refractivity contribution in [1.82, 2.24) is 15.5 Å². The molecule has 4 rings (SSSR count). The lowest BCUT2D eigenvalue weighted by Gasteiger charge is -2.25. The van der Waals surface area contributed by atoms with Crippen molar-refractivity contribution in [3.8, 4) is 5.75 Å². The van der Waals surface area contributed by atoms with Crippen molar-refractivity contribution in [3.63, 3.8) is 0 Å². The number of fused-ring (bicyclic) bond motifs is 1. The summed E-state index contributed by atoms with van der Waals surface area (Å²) in [6.07, 6.45) is 2.38. The van der Waals surface area contributed by atoms with Gasteiger partial charge in [0.05, 0.1) is 19.3 Å². The molecule has 0 fully saturated rings. The van der Waals surface area contributed by atoms with E-state index in [1.54, 1.807) is 29.2 Å². The number of nitrogens with one attached hydrogen (secondary N) is 2. The van der Waals surface area contributed by atoms with Gasteiger partial charge in [-0.25, -0.2) is 4.79 Å². The van der Waals surface area contributed by atoms with Gasteiger partial charge in [-0.2, -0.15) is 0 Å². The minimum atomic E-state index is -1.06. The fourth-order valence-electron chi connectivity index (χ4n) is 5.02. The monoisotopic (exact) mass is 585 g/mol. The zero-order valence-electron chi connectivity index (χ0n) is 24.5. The van der Waals surface area contributed by atoms with E-state index in [4.69, 9.17) is 9.47 Å². The van der Waals surface area contributed by atoms with E-state index in [1.807, 2.05) is 60.7 Å². The number of amides is 3. The Balaban J connectivity index is 1.59. The highest BCUT2D eigenvalue weighted by Crippen LogP contribution is 2.19. The summed E-state index contributed by atoms with van der Waals surface area (Å²) in [5.74, 6) is -1.37. The molecule has 3 amide bonds. The molecule has 9 nitrogen and oxygen atoms in total. The van der Waals surface area contributed by atoms with Crippen molar-refractivity contribution in [2.75, 3.05) is 26.8 Å². The predicted octanol–water partition coefficient (Wildman–Crippen LogP) is 3.71. The Morgan fingerprint density at radius 2 is 1.56 bits per heavy atom. The lowest BCUT2D eigenvalue weighted by Crippen LogP contribution is -2.53. The molecule has 0 saturated heterocycles. The average molecular weight is 586 g/mol. The minimum absolute atomic E-state index is 0.0481. The van der Waals surface area contributed by atoms with Gasteiger partial charge in [-0.15, -0.1) is 0 Å². The van der Waals surface area contributed by atoms with E-state index in [1.165, 1.54) is 7.11 Å². The normalized spacial score (nSPS) is 18.8. The summed E-state index contributed by atoms with van der Waals surface area (Å²) in [4.78, 5) is 55.0. The van der Waals surface area contributed by atoms with Crippen LogP contribution in [0.1, 0.15) is 47.2 Å². The maximum absolute atomic E-state index is 13.6. The van der Waals surface area contributed by atoms with E-state index in [9.17, 15) is 19.2 Å². The summed E-state index contributed by atoms with van der Waals surface area (Å²) in [5.41, 5.74) is 2.26. The van der Waals surface area contributed by atoms with Gasteiger partial charge in [-0.05, 0) is 48.9 Å². The Morgan fingerprint density at radius 1 is 0.884 bits per heavy atom. The SMILES string of the molecule is COC(=O)[C@@H]1CCC(=O)N(CCc2ccccc2)CCCCOc2ccccc2C(=O)N[C@H](Cc2ccccc2)C(=O)N1. The highest BCUT2D eigenvalue weighted by Gasteiger charge is 2.29. The van der Waals surface area contributed by atoms with E-state index in [2.05, 4.69) is 10.6 Å². The van der Waals surface area contributed by atoms with Crippen molar-refractivity contribution >= 4 is 23.7 Å². The third kappa shape index (κ3) is 9.43. The van der Waals surface area contributed by atoms with Crippen LogP contribution in [0.4, 0.5) is 0 Å². The van der Waals surface area contributed by atoms with Crippen LogP contribution in [-0.2, 0) is 32.0 Å². The van der Waals surface area contributed by atoms with Crippen LogP contribution in [0, 0.1) is 0 Å². The van der Waals surface area contributed by atoms with Gasteiger partial charge in [-0.1, -0.05) is 72.8 Å². The number of esters is 1. The summed E-state index contributed by atoms with van der Waals surface area (Å²) < 4.78 is 11.0. The second-order valence-electron chi connectivity index (χ2n) is 10.5. The predicted molar refractivity (Wildman–Crippen MR) is 162 cm³/mol. The molecule has 0 aromatic heterocycles. The van der Waals surface area contributed by atoms with Gasteiger partial charge in [0.25, 0.3) is 5.91 Å².